The van der Waals surface area contributed by atoms with Gasteiger partial charge in [-0.1, -0.05) is 0 Å². The number of aliphatic imine (C=N–C) groups is 1. The van der Waals surface area contributed by atoms with Gasteiger partial charge in [-0.15, -0.1) is 0 Å². The van der Waals surface area contributed by atoms with Crippen molar-refractivity contribution in [2.75, 3.05) is 0 Å². The van der Waals surface area contributed by atoms with Crippen LogP contribution in [0.1, 0.15) is 20.8 Å². The second kappa shape index (κ2) is 3.22. The Bertz CT molecular complexity index is 136. The van der Waals surface area contributed by atoms with E-state index in [1.807, 2.05) is 13.8 Å². The third-order valence-corrected chi connectivity index (χ3v) is 0.864. The SMILES string of the molecule is CC(C)=N[C@H](C)C(N)=O. The largest absolute Gasteiger partial charge is 0.368 e. The molecule has 3 nitrogen and oxygen atoms in total. The van der Waals surface area contributed by atoms with Crippen molar-refractivity contribution >= 4 is 11.6 Å². The molecule has 0 radical (unpaired) electrons. The monoisotopic (exact) mass is 128 g/mol. The molecule has 0 aliphatic heterocycles. The van der Waals surface area contributed by atoms with Crippen LogP contribution in [0, 0.1) is 0 Å². The van der Waals surface area contributed by atoms with Crippen molar-refractivity contribution in [2.45, 2.75) is 26.8 Å². The molecule has 0 fully saturated rings. The van der Waals surface area contributed by atoms with Crippen LogP contribution < -0.4 is 5.73 Å². The summed E-state index contributed by atoms with van der Waals surface area (Å²) in [5.41, 5.74) is 5.81. The topological polar surface area (TPSA) is 55.4 Å². The molecular formula is C6H12N2O. The van der Waals surface area contributed by atoms with Gasteiger partial charge in [0.2, 0.25) is 5.91 Å². The van der Waals surface area contributed by atoms with Crippen molar-refractivity contribution in [3.8, 4) is 0 Å². The van der Waals surface area contributed by atoms with Crippen molar-refractivity contribution < 1.29 is 4.79 Å². The highest BCUT2D eigenvalue weighted by atomic mass is 16.1. The van der Waals surface area contributed by atoms with E-state index in [4.69, 9.17) is 5.73 Å². The van der Waals surface area contributed by atoms with E-state index < -0.39 is 0 Å². The summed E-state index contributed by atoms with van der Waals surface area (Å²) in [6.07, 6.45) is 0. The maximum absolute atomic E-state index is 10.3. The van der Waals surface area contributed by atoms with Gasteiger partial charge in [0.05, 0.1) is 0 Å². The van der Waals surface area contributed by atoms with Crippen molar-refractivity contribution in [1.82, 2.24) is 0 Å². The maximum Gasteiger partial charge on any atom is 0.241 e. The lowest BCUT2D eigenvalue weighted by Crippen LogP contribution is -2.24. The van der Waals surface area contributed by atoms with Crippen LogP contribution in [0.4, 0.5) is 0 Å². The second-order valence-electron chi connectivity index (χ2n) is 2.15. The van der Waals surface area contributed by atoms with Crippen LogP contribution >= 0.6 is 0 Å². The predicted octanol–water partition coefficient (Wildman–Crippen LogP) is 0.341. The molecule has 0 aromatic heterocycles. The van der Waals surface area contributed by atoms with E-state index in [2.05, 4.69) is 4.99 Å². The smallest absolute Gasteiger partial charge is 0.241 e. The van der Waals surface area contributed by atoms with E-state index >= 15 is 0 Å². The van der Waals surface area contributed by atoms with E-state index in [0.717, 1.165) is 5.71 Å². The Labute approximate surface area is 55.0 Å². The molecule has 0 bridgehead atoms. The Morgan fingerprint density at radius 3 is 2.11 bits per heavy atom. The normalized spacial score (nSPS) is 12.3. The van der Waals surface area contributed by atoms with Crippen LogP contribution in [-0.2, 0) is 4.79 Å². The summed E-state index contributed by atoms with van der Waals surface area (Å²) in [5.74, 6) is -0.379. The molecule has 2 N–H and O–H groups in total. The van der Waals surface area contributed by atoms with Crippen LogP contribution in [0.25, 0.3) is 0 Å². The third-order valence-electron chi connectivity index (χ3n) is 0.864. The molecule has 0 heterocycles. The Kier molecular flexibility index (Phi) is 2.91. The third kappa shape index (κ3) is 3.70. The van der Waals surface area contributed by atoms with E-state index in [9.17, 15) is 4.79 Å². The van der Waals surface area contributed by atoms with Gasteiger partial charge in [-0.25, -0.2) is 0 Å². The molecule has 0 aliphatic rings. The van der Waals surface area contributed by atoms with Gasteiger partial charge in [0, 0.05) is 5.71 Å². The molecule has 0 aromatic rings. The number of hydrogen-bond donors (Lipinski definition) is 1. The average molecular weight is 128 g/mol. The molecule has 0 rings (SSSR count). The van der Waals surface area contributed by atoms with Crippen molar-refractivity contribution in [1.29, 1.82) is 0 Å². The lowest BCUT2D eigenvalue weighted by molar-refractivity contribution is -0.118. The average Bonchev–Trinajstić information content (AvgIpc) is 1.63. The quantitative estimate of drug-likeness (QED) is 0.536. The number of nitrogens with two attached hydrogens (primary N) is 1. The number of carbonyl (C=O) groups is 1. The van der Waals surface area contributed by atoms with Gasteiger partial charge >= 0.3 is 0 Å². The molecule has 0 unspecified atom stereocenters. The highest BCUT2D eigenvalue weighted by molar-refractivity contribution is 5.85. The molecule has 52 valence electrons. The Morgan fingerprint density at radius 2 is 2.00 bits per heavy atom. The molecule has 3 heteroatoms. The maximum atomic E-state index is 10.3. The molecular weight excluding hydrogens is 116 g/mol. The first-order valence-electron chi connectivity index (χ1n) is 2.84. The minimum atomic E-state index is -0.380. The lowest BCUT2D eigenvalue weighted by Gasteiger charge is -1.98. The van der Waals surface area contributed by atoms with Crippen LogP contribution in [0.3, 0.4) is 0 Å². The summed E-state index contributed by atoms with van der Waals surface area (Å²) < 4.78 is 0. The zero-order chi connectivity index (χ0) is 7.44. The molecule has 0 saturated heterocycles. The minimum Gasteiger partial charge on any atom is -0.368 e. The van der Waals surface area contributed by atoms with Gasteiger partial charge in [0.15, 0.2) is 0 Å². The van der Waals surface area contributed by atoms with Crippen LogP contribution in [-0.4, -0.2) is 17.7 Å². The molecule has 0 saturated carbocycles. The Hall–Kier alpha value is -0.860. The van der Waals surface area contributed by atoms with E-state index in [1.54, 1.807) is 6.92 Å². The molecule has 0 aliphatic carbocycles. The van der Waals surface area contributed by atoms with Gasteiger partial charge in [-0.05, 0) is 20.8 Å². The van der Waals surface area contributed by atoms with E-state index in [0.29, 0.717) is 0 Å². The standard InChI is InChI=1S/C6H12N2O/c1-4(2)8-5(3)6(7)9/h5H,1-3H3,(H2,7,9)/t5-/m1/s1. The molecule has 1 amide bonds. The predicted molar refractivity (Wildman–Crippen MR) is 37.4 cm³/mol. The summed E-state index contributed by atoms with van der Waals surface area (Å²) >= 11 is 0. The number of carbonyl (C=O) groups excluding carboxylic acids is 1. The highest BCUT2D eigenvalue weighted by Crippen LogP contribution is 1.87. The zero-order valence-corrected chi connectivity index (χ0v) is 6.01. The number of rotatable bonds is 2. The minimum absolute atomic E-state index is 0.379. The van der Waals surface area contributed by atoms with Crippen LogP contribution in [0.15, 0.2) is 4.99 Å². The number of nitrogens with zero attached hydrogens (tertiary/aromatic N) is 1. The lowest BCUT2D eigenvalue weighted by atomic mass is 10.3. The van der Waals surface area contributed by atoms with Crippen molar-refractivity contribution in [3.05, 3.63) is 0 Å². The number of amides is 1. The zero-order valence-electron chi connectivity index (χ0n) is 6.01. The van der Waals surface area contributed by atoms with Gasteiger partial charge in [0.25, 0.3) is 0 Å². The fraction of sp³-hybridized carbons (Fsp3) is 0.667. The summed E-state index contributed by atoms with van der Waals surface area (Å²) in [6, 6.07) is -0.380. The summed E-state index contributed by atoms with van der Waals surface area (Å²) in [4.78, 5) is 14.3. The summed E-state index contributed by atoms with van der Waals surface area (Å²) in [7, 11) is 0. The van der Waals surface area contributed by atoms with Crippen LogP contribution in [0.2, 0.25) is 0 Å². The first-order chi connectivity index (χ1) is 4.04. The van der Waals surface area contributed by atoms with Gasteiger partial charge in [0.1, 0.15) is 6.04 Å². The van der Waals surface area contributed by atoms with Crippen molar-refractivity contribution in [3.63, 3.8) is 0 Å². The fourth-order valence-corrected chi connectivity index (χ4v) is 0.451. The van der Waals surface area contributed by atoms with E-state index in [-0.39, 0.29) is 11.9 Å². The first-order valence-corrected chi connectivity index (χ1v) is 2.84. The highest BCUT2D eigenvalue weighted by Gasteiger charge is 2.03. The summed E-state index contributed by atoms with van der Waals surface area (Å²) in [6.45, 7) is 5.34. The number of hydrogen-bond acceptors (Lipinski definition) is 2. The van der Waals surface area contributed by atoms with Gasteiger partial charge in [-0.3, -0.25) is 9.79 Å². The second-order valence-corrected chi connectivity index (χ2v) is 2.15. The van der Waals surface area contributed by atoms with E-state index in [1.165, 1.54) is 0 Å². The van der Waals surface area contributed by atoms with Gasteiger partial charge < -0.3 is 5.73 Å². The number of primary amides is 1. The van der Waals surface area contributed by atoms with Crippen molar-refractivity contribution in [2.24, 2.45) is 10.7 Å². The van der Waals surface area contributed by atoms with Gasteiger partial charge in [-0.2, -0.15) is 0 Å². The summed E-state index contributed by atoms with van der Waals surface area (Å²) in [5, 5.41) is 0. The Balaban J connectivity index is 3.91. The fourth-order valence-electron chi connectivity index (χ4n) is 0.451. The Morgan fingerprint density at radius 1 is 1.56 bits per heavy atom. The molecule has 1 atom stereocenters. The molecule has 9 heavy (non-hydrogen) atoms. The molecule has 0 aromatic carbocycles. The van der Waals surface area contributed by atoms with Crippen LogP contribution in [0.5, 0.6) is 0 Å². The molecule has 0 spiro atoms. The first kappa shape index (κ1) is 8.14.